The van der Waals surface area contributed by atoms with Crippen LogP contribution in [0.5, 0.6) is 5.75 Å². The van der Waals surface area contributed by atoms with Crippen molar-refractivity contribution in [2.75, 3.05) is 12.0 Å². The third-order valence-electron chi connectivity index (χ3n) is 1.79. The first kappa shape index (κ1) is 10.9. The van der Waals surface area contributed by atoms with Gasteiger partial charge in [0.15, 0.2) is 5.78 Å². The molecule has 3 nitrogen and oxygen atoms in total. The van der Waals surface area contributed by atoms with E-state index in [4.69, 9.17) is 0 Å². The number of phenols is 1. The van der Waals surface area contributed by atoms with Gasteiger partial charge in [-0.2, -0.15) is 0 Å². The zero-order chi connectivity index (χ0) is 10.7. The molecule has 0 spiro atoms. The Balaban J connectivity index is 3.00. The molecule has 0 fully saturated rings. The highest BCUT2D eigenvalue weighted by Crippen LogP contribution is 2.18. The van der Waals surface area contributed by atoms with Crippen molar-refractivity contribution >= 4 is 16.6 Å². The van der Waals surface area contributed by atoms with Crippen molar-refractivity contribution in [2.24, 2.45) is 0 Å². The number of ketones is 1. The molecule has 0 aliphatic heterocycles. The molecule has 14 heavy (non-hydrogen) atoms. The van der Waals surface area contributed by atoms with Crippen LogP contribution in [0.4, 0.5) is 0 Å². The van der Waals surface area contributed by atoms with E-state index in [2.05, 4.69) is 0 Å². The van der Waals surface area contributed by atoms with Gasteiger partial charge in [-0.25, -0.2) is 0 Å². The number of carbonyl (C=O) groups is 1. The number of phenolic OH excluding ortho intramolecular Hbond substituents is 1. The van der Waals surface area contributed by atoms with Crippen molar-refractivity contribution in [3.05, 3.63) is 29.3 Å². The zero-order valence-corrected chi connectivity index (χ0v) is 8.93. The summed E-state index contributed by atoms with van der Waals surface area (Å²) in [5.41, 5.74) is 1.15. The summed E-state index contributed by atoms with van der Waals surface area (Å²) in [6, 6.07) is 4.79. The predicted octanol–water partition coefficient (Wildman–Crippen LogP) is 1.26. The number of benzene rings is 1. The second kappa shape index (κ2) is 4.37. The molecule has 0 aliphatic rings. The average molecular weight is 212 g/mol. The molecule has 0 saturated heterocycles. The molecule has 0 radical (unpaired) electrons. The minimum atomic E-state index is -1.17. The Kier molecular flexibility index (Phi) is 3.41. The number of aryl methyl sites for hydroxylation is 1. The standard InChI is InChI=1S/C10H12O3S/c1-7-3-4-9(11)8(5-7)10(12)6-14(2)13/h3-5,11H,6H2,1-2H3. The summed E-state index contributed by atoms with van der Waals surface area (Å²) in [5, 5.41) is 9.40. The summed E-state index contributed by atoms with van der Waals surface area (Å²) in [7, 11) is -1.17. The maximum atomic E-state index is 11.5. The molecule has 1 N–H and O–H groups in total. The summed E-state index contributed by atoms with van der Waals surface area (Å²) in [6.07, 6.45) is 1.46. The SMILES string of the molecule is Cc1ccc(O)c(C(=O)CS(C)=O)c1. The van der Waals surface area contributed by atoms with Gasteiger partial charge in [0, 0.05) is 17.1 Å². The van der Waals surface area contributed by atoms with Gasteiger partial charge < -0.3 is 5.11 Å². The van der Waals surface area contributed by atoms with Crippen molar-refractivity contribution in [2.45, 2.75) is 6.92 Å². The summed E-state index contributed by atoms with van der Waals surface area (Å²) in [5.74, 6) is -0.380. The molecular weight excluding hydrogens is 200 g/mol. The molecule has 76 valence electrons. The molecule has 1 aromatic carbocycles. The van der Waals surface area contributed by atoms with Crippen LogP contribution < -0.4 is 0 Å². The smallest absolute Gasteiger partial charge is 0.179 e. The van der Waals surface area contributed by atoms with E-state index < -0.39 is 10.8 Å². The Labute approximate surface area is 85.2 Å². The van der Waals surface area contributed by atoms with Gasteiger partial charge in [-0.3, -0.25) is 9.00 Å². The molecule has 1 rings (SSSR count). The summed E-state index contributed by atoms with van der Waals surface area (Å²) < 4.78 is 10.8. The molecule has 0 saturated carbocycles. The molecule has 0 aromatic heterocycles. The summed E-state index contributed by atoms with van der Waals surface area (Å²) in [4.78, 5) is 11.5. The molecule has 4 heteroatoms. The minimum absolute atomic E-state index is 0.0446. The van der Waals surface area contributed by atoms with Crippen molar-refractivity contribution in [3.8, 4) is 5.75 Å². The van der Waals surface area contributed by atoms with Crippen LogP contribution in [0.25, 0.3) is 0 Å². The van der Waals surface area contributed by atoms with E-state index in [0.29, 0.717) is 0 Å². The molecule has 1 atom stereocenters. The Morgan fingerprint density at radius 3 is 2.71 bits per heavy atom. The van der Waals surface area contributed by atoms with Crippen LogP contribution in [0.1, 0.15) is 15.9 Å². The molecule has 0 aliphatic carbocycles. The van der Waals surface area contributed by atoms with Crippen molar-refractivity contribution in [1.82, 2.24) is 0 Å². The molecule has 0 heterocycles. The van der Waals surface area contributed by atoms with Gasteiger partial charge in [-0.1, -0.05) is 11.6 Å². The van der Waals surface area contributed by atoms with Gasteiger partial charge >= 0.3 is 0 Å². The minimum Gasteiger partial charge on any atom is -0.507 e. The number of Topliss-reactive ketones (excluding diaryl/α,β-unsaturated/α-hetero) is 1. The highest BCUT2D eigenvalue weighted by Gasteiger charge is 2.12. The van der Waals surface area contributed by atoms with Crippen molar-refractivity contribution < 1.29 is 14.1 Å². The molecule has 0 bridgehead atoms. The van der Waals surface area contributed by atoms with Gasteiger partial charge in [-0.15, -0.1) is 0 Å². The van der Waals surface area contributed by atoms with E-state index in [9.17, 15) is 14.1 Å². The van der Waals surface area contributed by atoms with Crippen LogP contribution in [0, 0.1) is 6.92 Å². The lowest BCUT2D eigenvalue weighted by Crippen LogP contribution is -2.09. The number of carbonyl (C=O) groups excluding carboxylic acids is 1. The topological polar surface area (TPSA) is 54.4 Å². The van der Waals surface area contributed by atoms with Crippen LogP contribution in [-0.4, -0.2) is 27.1 Å². The molecule has 1 unspecified atom stereocenters. The van der Waals surface area contributed by atoms with E-state index in [1.807, 2.05) is 6.92 Å². The second-order valence-corrected chi connectivity index (χ2v) is 4.60. The first-order valence-electron chi connectivity index (χ1n) is 4.13. The summed E-state index contributed by atoms with van der Waals surface area (Å²) in [6.45, 7) is 1.83. The molecule has 1 aromatic rings. The first-order chi connectivity index (χ1) is 6.50. The van der Waals surface area contributed by atoms with E-state index in [-0.39, 0.29) is 22.8 Å². The zero-order valence-electron chi connectivity index (χ0n) is 8.11. The lowest BCUT2D eigenvalue weighted by molar-refractivity contribution is 0.101. The predicted molar refractivity (Wildman–Crippen MR) is 56.1 cm³/mol. The molecule has 0 amide bonds. The van der Waals surface area contributed by atoms with Gasteiger partial charge in [0.25, 0.3) is 0 Å². The maximum Gasteiger partial charge on any atom is 0.179 e. The number of aromatic hydroxyl groups is 1. The fraction of sp³-hybridized carbons (Fsp3) is 0.300. The summed E-state index contributed by atoms with van der Waals surface area (Å²) >= 11 is 0. The maximum absolute atomic E-state index is 11.5. The Morgan fingerprint density at radius 2 is 2.14 bits per heavy atom. The van der Waals surface area contributed by atoms with Gasteiger partial charge in [-0.05, 0) is 19.1 Å². The lowest BCUT2D eigenvalue weighted by Gasteiger charge is -2.03. The lowest BCUT2D eigenvalue weighted by atomic mass is 10.1. The Hall–Kier alpha value is -1.16. The van der Waals surface area contributed by atoms with Crippen LogP contribution in [-0.2, 0) is 10.8 Å². The largest absolute Gasteiger partial charge is 0.507 e. The van der Waals surface area contributed by atoms with Crippen LogP contribution in [0.3, 0.4) is 0 Å². The second-order valence-electron chi connectivity index (χ2n) is 3.16. The third-order valence-corrected chi connectivity index (χ3v) is 2.46. The fourth-order valence-electron chi connectivity index (χ4n) is 1.14. The van der Waals surface area contributed by atoms with Crippen LogP contribution >= 0.6 is 0 Å². The van der Waals surface area contributed by atoms with E-state index in [1.165, 1.54) is 12.3 Å². The van der Waals surface area contributed by atoms with Gasteiger partial charge in [0.05, 0.1) is 11.3 Å². The van der Waals surface area contributed by atoms with Crippen LogP contribution in [0.2, 0.25) is 0 Å². The highest BCUT2D eigenvalue weighted by atomic mass is 32.2. The number of hydrogen-bond donors (Lipinski definition) is 1. The Bertz CT molecular complexity index is 385. The van der Waals surface area contributed by atoms with Crippen molar-refractivity contribution in [1.29, 1.82) is 0 Å². The molecular formula is C10H12O3S. The van der Waals surface area contributed by atoms with E-state index in [1.54, 1.807) is 12.1 Å². The number of hydrogen-bond acceptors (Lipinski definition) is 3. The van der Waals surface area contributed by atoms with E-state index in [0.717, 1.165) is 5.56 Å². The van der Waals surface area contributed by atoms with Crippen molar-refractivity contribution in [3.63, 3.8) is 0 Å². The fourth-order valence-corrected chi connectivity index (χ4v) is 1.66. The van der Waals surface area contributed by atoms with Gasteiger partial charge in [0.1, 0.15) is 5.75 Å². The van der Waals surface area contributed by atoms with Gasteiger partial charge in [0.2, 0.25) is 0 Å². The monoisotopic (exact) mass is 212 g/mol. The first-order valence-corrected chi connectivity index (χ1v) is 5.86. The average Bonchev–Trinajstić information content (AvgIpc) is 2.08. The van der Waals surface area contributed by atoms with E-state index >= 15 is 0 Å². The quantitative estimate of drug-likeness (QED) is 0.767. The Morgan fingerprint density at radius 1 is 1.50 bits per heavy atom. The van der Waals surface area contributed by atoms with Crippen LogP contribution in [0.15, 0.2) is 18.2 Å². The number of rotatable bonds is 3. The third kappa shape index (κ3) is 2.67. The highest BCUT2D eigenvalue weighted by molar-refractivity contribution is 7.85. The normalized spacial score (nSPS) is 12.4.